The number of amides is 1. The number of hydrogen-bond donors (Lipinski definition) is 2. The zero-order chi connectivity index (χ0) is 16.3. The summed E-state index contributed by atoms with van der Waals surface area (Å²) in [5.41, 5.74) is 0.212. The van der Waals surface area contributed by atoms with Gasteiger partial charge in [-0.1, -0.05) is 18.2 Å². The molecule has 0 spiro atoms. The van der Waals surface area contributed by atoms with Gasteiger partial charge in [0.2, 0.25) is 0 Å². The fraction of sp³-hybridized carbons (Fsp3) is 0.118. The van der Waals surface area contributed by atoms with Crippen molar-refractivity contribution in [2.45, 2.75) is 5.60 Å². The smallest absolute Gasteiger partial charge is 0.252 e. The van der Waals surface area contributed by atoms with Gasteiger partial charge in [0.1, 0.15) is 5.60 Å². The second-order valence-corrected chi connectivity index (χ2v) is 7.90. The molecule has 0 radical (unpaired) electrons. The SMILES string of the molecule is O=C(NCC(O)(c1ccsc1)c1cccs1)c1ccccc1I. The number of rotatable bonds is 5. The lowest BCUT2D eigenvalue weighted by molar-refractivity contribution is 0.0720. The van der Waals surface area contributed by atoms with Crippen LogP contribution in [0, 0.1) is 3.57 Å². The summed E-state index contributed by atoms with van der Waals surface area (Å²) in [6.07, 6.45) is 0. The highest BCUT2D eigenvalue weighted by atomic mass is 127. The van der Waals surface area contributed by atoms with Gasteiger partial charge < -0.3 is 10.4 Å². The number of hydrogen-bond acceptors (Lipinski definition) is 4. The Balaban J connectivity index is 1.84. The molecule has 0 saturated carbocycles. The van der Waals surface area contributed by atoms with Crippen LogP contribution in [-0.2, 0) is 5.60 Å². The summed E-state index contributed by atoms with van der Waals surface area (Å²) in [6, 6.07) is 13.1. The Hall–Kier alpha value is -1.22. The maximum Gasteiger partial charge on any atom is 0.252 e. The molecule has 3 rings (SSSR count). The minimum Gasteiger partial charge on any atom is -0.378 e. The van der Waals surface area contributed by atoms with Gasteiger partial charge in [-0.2, -0.15) is 11.3 Å². The fourth-order valence-corrected chi connectivity index (χ4v) is 4.50. The molecule has 0 saturated heterocycles. The van der Waals surface area contributed by atoms with Crippen LogP contribution in [0.1, 0.15) is 20.8 Å². The van der Waals surface area contributed by atoms with E-state index in [1.54, 1.807) is 6.07 Å². The van der Waals surface area contributed by atoms with E-state index in [9.17, 15) is 9.90 Å². The molecular formula is C17H14INO2S2. The van der Waals surface area contributed by atoms with Crippen molar-refractivity contribution in [3.05, 3.63) is 78.2 Å². The van der Waals surface area contributed by atoms with Gasteiger partial charge in [-0.3, -0.25) is 4.79 Å². The van der Waals surface area contributed by atoms with E-state index in [0.717, 1.165) is 14.0 Å². The number of thiophene rings is 2. The second-order valence-electron chi connectivity index (χ2n) is 5.01. The first-order valence-electron chi connectivity index (χ1n) is 6.93. The first-order chi connectivity index (χ1) is 11.1. The predicted octanol–water partition coefficient (Wildman–Crippen LogP) is 4.08. The molecule has 0 aliphatic heterocycles. The number of carbonyl (C=O) groups is 1. The highest BCUT2D eigenvalue weighted by Gasteiger charge is 2.33. The molecular weight excluding hydrogens is 441 g/mol. The minimum absolute atomic E-state index is 0.133. The maximum atomic E-state index is 12.4. The Labute approximate surface area is 156 Å². The number of halogens is 1. The van der Waals surface area contributed by atoms with Gasteiger partial charge in [0.05, 0.1) is 12.1 Å². The lowest BCUT2D eigenvalue weighted by Crippen LogP contribution is -2.41. The molecule has 3 nitrogen and oxygen atoms in total. The normalized spacial score (nSPS) is 13.5. The van der Waals surface area contributed by atoms with Crippen LogP contribution in [0.5, 0.6) is 0 Å². The van der Waals surface area contributed by atoms with Crippen LogP contribution in [0.2, 0.25) is 0 Å². The molecule has 0 fully saturated rings. The van der Waals surface area contributed by atoms with E-state index in [2.05, 4.69) is 27.9 Å². The molecule has 1 unspecified atom stereocenters. The molecule has 0 aliphatic carbocycles. The summed E-state index contributed by atoms with van der Waals surface area (Å²) < 4.78 is 0.887. The number of carbonyl (C=O) groups excluding carboxylic acids is 1. The van der Waals surface area contributed by atoms with Gasteiger partial charge in [-0.15, -0.1) is 11.3 Å². The monoisotopic (exact) mass is 455 g/mol. The molecule has 1 atom stereocenters. The number of nitrogens with one attached hydrogen (secondary N) is 1. The molecule has 118 valence electrons. The van der Waals surface area contributed by atoms with Crippen LogP contribution in [0.4, 0.5) is 0 Å². The summed E-state index contributed by atoms with van der Waals surface area (Å²) in [4.78, 5) is 13.2. The Morgan fingerprint density at radius 2 is 2.00 bits per heavy atom. The predicted molar refractivity (Wildman–Crippen MR) is 103 cm³/mol. The molecule has 2 heterocycles. The molecule has 6 heteroatoms. The zero-order valence-corrected chi connectivity index (χ0v) is 15.8. The van der Waals surface area contributed by atoms with Crippen LogP contribution < -0.4 is 5.32 Å². The van der Waals surface area contributed by atoms with Crippen molar-refractivity contribution in [2.24, 2.45) is 0 Å². The van der Waals surface area contributed by atoms with Gasteiger partial charge in [0.15, 0.2) is 0 Å². The van der Waals surface area contributed by atoms with Crippen molar-refractivity contribution in [1.29, 1.82) is 0 Å². The van der Waals surface area contributed by atoms with Crippen LogP contribution >= 0.6 is 45.3 Å². The van der Waals surface area contributed by atoms with Gasteiger partial charge in [0.25, 0.3) is 5.91 Å². The average molecular weight is 455 g/mol. The summed E-state index contributed by atoms with van der Waals surface area (Å²) in [7, 11) is 0. The molecule has 1 aromatic carbocycles. The Morgan fingerprint density at radius 1 is 1.17 bits per heavy atom. The maximum absolute atomic E-state index is 12.4. The van der Waals surface area contributed by atoms with Crippen LogP contribution in [0.15, 0.2) is 58.6 Å². The average Bonchev–Trinajstić information content (AvgIpc) is 3.25. The first-order valence-corrected chi connectivity index (χ1v) is 9.83. The number of aliphatic hydroxyl groups is 1. The lowest BCUT2D eigenvalue weighted by atomic mass is 9.94. The summed E-state index contributed by atoms with van der Waals surface area (Å²) >= 11 is 5.15. The molecule has 1 amide bonds. The third kappa shape index (κ3) is 3.50. The van der Waals surface area contributed by atoms with E-state index >= 15 is 0 Å². The van der Waals surface area contributed by atoms with Crippen LogP contribution in [-0.4, -0.2) is 17.6 Å². The van der Waals surface area contributed by atoms with Crippen molar-refractivity contribution in [2.75, 3.05) is 6.54 Å². The Kier molecular flexibility index (Phi) is 5.15. The van der Waals surface area contributed by atoms with Crippen molar-refractivity contribution in [1.82, 2.24) is 5.32 Å². The fourth-order valence-electron chi connectivity index (χ4n) is 2.29. The third-order valence-electron chi connectivity index (χ3n) is 3.55. The van der Waals surface area contributed by atoms with E-state index in [4.69, 9.17) is 0 Å². The largest absolute Gasteiger partial charge is 0.378 e. The molecule has 0 bridgehead atoms. The minimum atomic E-state index is -1.20. The molecule has 23 heavy (non-hydrogen) atoms. The van der Waals surface area contributed by atoms with Crippen molar-refractivity contribution in [3.63, 3.8) is 0 Å². The third-order valence-corrected chi connectivity index (χ3v) is 6.20. The highest BCUT2D eigenvalue weighted by molar-refractivity contribution is 14.1. The van der Waals surface area contributed by atoms with E-state index in [1.165, 1.54) is 22.7 Å². The van der Waals surface area contributed by atoms with Crippen LogP contribution in [0.3, 0.4) is 0 Å². The summed E-state index contributed by atoms with van der Waals surface area (Å²) in [6.45, 7) is 0.133. The standard InChI is InChI=1S/C17H14INO2S2/c18-14-5-2-1-4-13(14)16(20)19-11-17(21,12-7-9-22-10-12)15-6-3-8-23-15/h1-10,21H,11H2,(H,19,20). The van der Waals surface area contributed by atoms with Gasteiger partial charge >= 0.3 is 0 Å². The molecule has 2 aromatic heterocycles. The summed E-state index contributed by atoms with van der Waals surface area (Å²) in [5, 5.41) is 19.8. The molecule has 2 N–H and O–H groups in total. The van der Waals surface area contributed by atoms with Crippen molar-refractivity contribution < 1.29 is 9.90 Å². The lowest BCUT2D eigenvalue weighted by Gasteiger charge is -2.27. The van der Waals surface area contributed by atoms with E-state index in [-0.39, 0.29) is 12.5 Å². The van der Waals surface area contributed by atoms with Gasteiger partial charge in [-0.05, 0) is 63.0 Å². The van der Waals surface area contributed by atoms with Crippen molar-refractivity contribution in [3.8, 4) is 0 Å². The topological polar surface area (TPSA) is 49.3 Å². The quantitative estimate of drug-likeness (QED) is 0.570. The van der Waals surface area contributed by atoms with E-state index in [1.807, 2.05) is 52.5 Å². The summed E-state index contributed by atoms with van der Waals surface area (Å²) in [5.74, 6) is -0.180. The first kappa shape index (κ1) is 16.6. The van der Waals surface area contributed by atoms with E-state index < -0.39 is 5.60 Å². The second kappa shape index (κ2) is 7.12. The zero-order valence-electron chi connectivity index (χ0n) is 12.0. The van der Waals surface area contributed by atoms with Crippen LogP contribution in [0.25, 0.3) is 0 Å². The Morgan fingerprint density at radius 3 is 2.65 bits per heavy atom. The van der Waals surface area contributed by atoms with E-state index in [0.29, 0.717) is 5.56 Å². The molecule has 0 aliphatic rings. The molecule has 3 aromatic rings. The number of benzene rings is 1. The highest BCUT2D eigenvalue weighted by Crippen LogP contribution is 2.33. The van der Waals surface area contributed by atoms with Gasteiger partial charge in [0, 0.05) is 14.0 Å². The van der Waals surface area contributed by atoms with Gasteiger partial charge in [-0.25, -0.2) is 0 Å². The van der Waals surface area contributed by atoms with Crippen molar-refractivity contribution >= 4 is 51.2 Å². The Bertz CT molecular complexity index is 751.